The molecule has 1 aliphatic rings. The molecule has 0 saturated carbocycles. The fraction of sp³-hybridized carbons (Fsp3) is 0.208. The van der Waals surface area contributed by atoms with Gasteiger partial charge in [0.2, 0.25) is 0 Å². The molecule has 0 aliphatic carbocycles. The monoisotopic (exact) mass is 438 g/mol. The maximum absolute atomic E-state index is 13.4. The summed E-state index contributed by atoms with van der Waals surface area (Å²) in [5.41, 5.74) is 0.934. The molecule has 0 radical (unpaired) electrons. The highest BCUT2D eigenvalue weighted by molar-refractivity contribution is 7.55. The van der Waals surface area contributed by atoms with E-state index in [1.54, 1.807) is 18.2 Å². The Morgan fingerprint density at radius 2 is 1.55 bits per heavy atom. The van der Waals surface area contributed by atoms with Crippen LogP contribution in [0.2, 0.25) is 0 Å². The number of carbonyl (C=O) groups excluding carboxylic acids is 1. The zero-order valence-electron chi connectivity index (χ0n) is 17.3. The van der Waals surface area contributed by atoms with E-state index in [4.69, 9.17) is 18.5 Å². The van der Waals surface area contributed by atoms with Gasteiger partial charge in [0.25, 0.3) is 0 Å². The molecule has 2 unspecified atom stereocenters. The van der Waals surface area contributed by atoms with Crippen LogP contribution in [0.4, 0.5) is 0 Å². The quantitative estimate of drug-likeness (QED) is 0.458. The van der Waals surface area contributed by atoms with Crippen molar-refractivity contribution >= 4 is 13.4 Å². The van der Waals surface area contributed by atoms with Gasteiger partial charge in [-0.3, -0.25) is 9.36 Å². The standard InChI is InChI=1S/C24H23O6P/c1-27-31(26,28-2)24-22(25)20-14-13-19(29-16-17-9-5-3-6-10-17)15-21(20)30-23(24)18-11-7-4-8-12-18/h3-15,23-24H,16H2,1-2H3. The zero-order valence-corrected chi connectivity index (χ0v) is 18.2. The lowest BCUT2D eigenvalue weighted by Crippen LogP contribution is -2.37. The summed E-state index contributed by atoms with van der Waals surface area (Å²) in [7, 11) is -1.21. The lowest BCUT2D eigenvalue weighted by molar-refractivity contribution is 0.0822. The van der Waals surface area contributed by atoms with Crippen LogP contribution in [0.15, 0.2) is 78.9 Å². The van der Waals surface area contributed by atoms with Gasteiger partial charge in [-0.2, -0.15) is 0 Å². The predicted molar refractivity (Wildman–Crippen MR) is 117 cm³/mol. The molecule has 1 aliphatic heterocycles. The zero-order chi connectivity index (χ0) is 21.8. The molecular formula is C24H23O6P. The van der Waals surface area contributed by atoms with Crippen LogP contribution in [0.3, 0.4) is 0 Å². The van der Waals surface area contributed by atoms with Crippen molar-refractivity contribution in [2.24, 2.45) is 0 Å². The van der Waals surface area contributed by atoms with E-state index in [1.807, 2.05) is 60.7 Å². The second-order valence-corrected chi connectivity index (χ2v) is 9.46. The Balaban J connectivity index is 1.69. The van der Waals surface area contributed by atoms with Gasteiger partial charge in [-0.1, -0.05) is 60.7 Å². The average molecular weight is 438 g/mol. The van der Waals surface area contributed by atoms with Crippen molar-refractivity contribution in [3.63, 3.8) is 0 Å². The minimum absolute atomic E-state index is 0.318. The molecule has 0 saturated heterocycles. The Bertz CT molecular complexity index is 1090. The summed E-state index contributed by atoms with van der Waals surface area (Å²) in [5, 5.41) is 0. The number of ether oxygens (including phenoxy) is 2. The SMILES string of the molecule is COP(=O)(OC)C1C(=O)c2ccc(OCc3ccccc3)cc2OC1c1ccccc1. The molecule has 1 heterocycles. The summed E-state index contributed by atoms with van der Waals surface area (Å²) in [6, 6.07) is 24.0. The van der Waals surface area contributed by atoms with E-state index < -0.39 is 19.4 Å². The van der Waals surface area contributed by atoms with Gasteiger partial charge >= 0.3 is 7.60 Å². The first-order valence-electron chi connectivity index (χ1n) is 9.83. The van der Waals surface area contributed by atoms with Gasteiger partial charge in [-0.25, -0.2) is 0 Å². The number of hydrogen-bond acceptors (Lipinski definition) is 6. The molecule has 0 aromatic heterocycles. The van der Waals surface area contributed by atoms with Gasteiger partial charge in [0.05, 0.1) is 5.56 Å². The van der Waals surface area contributed by atoms with Crippen molar-refractivity contribution in [2.75, 3.05) is 14.2 Å². The lowest BCUT2D eigenvalue weighted by atomic mass is 9.95. The van der Waals surface area contributed by atoms with E-state index in [0.29, 0.717) is 29.2 Å². The van der Waals surface area contributed by atoms with Crippen molar-refractivity contribution in [3.05, 3.63) is 95.6 Å². The van der Waals surface area contributed by atoms with E-state index in [0.717, 1.165) is 5.56 Å². The third-order valence-corrected chi connectivity index (χ3v) is 7.46. The van der Waals surface area contributed by atoms with E-state index >= 15 is 0 Å². The first-order chi connectivity index (χ1) is 15.1. The molecule has 2 atom stereocenters. The van der Waals surface area contributed by atoms with Crippen LogP contribution in [-0.2, 0) is 20.2 Å². The maximum Gasteiger partial charge on any atom is 0.345 e. The third-order valence-electron chi connectivity index (χ3n) is 5.25. The lowest BCUT2D eigenvalue weighted by Gasteiger charge is -2.35. The maximum atomic E-state index is 13.4. The molecule has 0 fully saturated rings. The van der Waals surface area contributed by atoms with Crippen LogP contribution in [0.25, 0.3) is 0 Å². The molecule has 3 aromatic carbocycles. The molecule has 4 rings (SSSR count). The molecule has 3 aromatic rings. The summed E-state index contributed by atoms with van der Waals surface area (Å²) in [6.45, 7) is 0.390. The molecule has 7 heteroatoms. The van der Waals surface area contributed by atoms with Crippen LogP contribution in [0.1, 0.15) is 27.6 Å². The first kappa shape index (κ1) is 21.3. The number of hydrogen-bond donors (Lipinski definition) is 0. The van der Waals surface area contributed by atoms with E-state index in [-0.39, 0.29) is 5.78 Å². The van der Waals surface area contributed by atoms with Gasteiger partial charge in [0, 0.05) is 20.3 Å². The fourth-order valence-electron chi connectivity index (χ4n) is 3.64. The minimum atomic E-state index is -3.76. The molecule has 160 valence electrons. The highest BCUT2D eigenvalue weighted by atomic mass is 31.2. The molecule has 0 bridgehead atoms. The van der Waals surface area contributed by atoms with E-state index in [1.165, 1.54) is 14.2 Å². The number of benzene rings is 3. The summed E-state index contributed by atoms with van der Waals surface area (Å²) in [5.74, 6) is 0.596. The van der Waals surface area contributed by atoms with Crippen molar-refractivity contribution in [2.45, 2.75) is 18.4 Å². The normalized spacial score (nSPS) is 18.2. The molecule has 31 heavy (non-hydrogen) atoms. The Kier molecular flexibility index (Phi) is 6.23. The van der Waals surface area contributed by atoms with Crippen LogP contribution in [0.5, 0.6) is 11.5 Å². The number of rotatable bonds is 7. The van der Waals surface area contributed by atoms with Crippen molar-refractivity contribution < 1.29 is 27.9 Å². The van der Waals surface area contributed by atoms with Crippen molar-refractivity contribution in [3.8, 4) is 11.5 Å². The highest BCUT2D eigenvalue weighted by Crippen LogP contribution is 2.59. The summed E-state index contributed by atoms with van der Waals surface area (Å²) < 4.78 is 35.7. The Morgan fingerprint density at radius 1 is 0.903 bits per heavy atom. The summed E-state index contributed by atoms with van der Waals surface area (Å²) in [4.78, 5) is 13.4. The Morgan fingerprint density at radius 3 is 2.19 bits per heavy atom. The number of carbonyl (C=O) groups is 1. The minimum Gasteiger partial charge on any atom is -0.489 e. The second kappa shape index (κ2) is 9.06. The van der Waals surface area contributed by atoms with Crippen LogP contribution in [-0.4, -0.2) is 25.7 Å². The molecule has 0 spiro atoms. The van der Waals surface area contributed by atoms with Gasteiger partial charge in [-0.05, 0) is 23.3 Å². The van der Waals surface area contributed by atoms with Crippen LogP contribution in [0, 0.1) is 0 Å². The van der Waals surface area contributed by atoms with Gasteiger partial charge in [0.1, 0.15) is 24.2 Å². The molecule has 6 nitrogen and oxygen atoms in total. The van der Waals surface area contributed by atoms with E-state index in [9.17, 15) is 9.36 Å². The van der Waals surface area contributed by atoms with Crippen molar-refractivity contribution in [1.82, 2.24) is 0 Å². The molecule has 0 N–H and O–H groups in total. The first-order valence-corrected chi connectivity index (χ1v) is 11.4. The van der Waals surface area contributed by atoms with E-state index in [2.05, 4.69) is 0 Å². The molecular weight excluding hydrogens is 415 g/mol. The summed E-state index contributed by atoms with van der Waals surface area (Å²) in [6.07, 6.45) is -0.823. The van der Waals surface area contributed by atoms with Crippen molar-refractivity contribution in [1.29, 1.82) is 0 Å². The largest absolute Gasteiger partial charge is 0.489 e. The average Bonchev–Trinajstić information content (AvgIpc) is 2.83. The summed E-state index contributed by atoms with van der Waals surface area (Å²) >= 11 is 0. The second-order valence-electron chi connectivity index (χ2n) is 7.10. The Hall–Kier alpha value is -2.92. The number of ketones is 1. The van der Waals surface area contributed by atoms with Crippen LogP contribution >= 0.6 is 7.60 Å². The smallest absolute Gasteiger partial charge is 0.345 e. The highest BCUT2D eigenvalue weighted by Gasteiger charge is 2.51. The fourth-order valence-corrected chi connectivity index (χ4v) is 5.23. The number of Topliss-reactive ketones (excluding diaryl/α,β-unsaturated/α-hetero) is 1. The third kappa shape index (κ3) is 4.28. The topological polar surface area (TPSA) is 71.1 Å². The van der Waals surface area contributed by atoms with Gasteiger partial charge in [-0.15, -0.1) is 0 Å². The van der Waals surface area contributed by atoms with Gasteiger partial charge in [0.15, 0.2) is 11.4 Å². The van der Waals surface area contributed by atoms with Crippen LogP contribution < -0.4 is 9.47 Å². The Labute approximate surface area is 181 Å². The number of fused-ring (bicyclic) bond motifs is 1. The molecule has 0 amide bonds. The van der Waals surface area contributed by atoms with Gasteiger partial charge < -0.3 is 18.5 Å². The predicted octanol–water partition coefficient (Wildman–Crippen LogP) is 5.44.